The van der Waals surface area contributed by atoms with Crippen LogP contribution in [0.3, 0.4) is 0 Å². The summed E-state index contributed by atoms with van der Waals surface area (Å²) in [5.41, 5.74) is -1.78. The van der Waals surface area contributed by atoms with Crippen LogP contribution in [0.4, 0.5) is 17.6 Å². The summed E-state index contributed by atoms with van der Waals surface area (Å²) >= 11 is 3.30. The van der Waals surface area contributed by atoms with Gasteiger partial charge in [-0.1, -0.05) is 28.9 Å². The molecule has 0 bridgehead atoms. The van der Waals surface area contributed by atoms with E-state index < -0.39 is 27.4 Å². The molecule has 0 saturated carbocycles. The monoisotopic (exact) mass is 501 g/mol. The Hall–Kier alpha value is -2.53. The topological polar surface area (TPSA) is 75.7 Å². The highest BCUT2D eigenvalue weighted by atomic mass is 79.9. The molecule has 0 fully saturated rings. The van der Waals surface area contributed by atoms with E-state index in [2.05, 4.69) is 30.9 Å². The van der Waals surface area contributed by atoms with Crippen LogP contribution in [0, 0.1) is 5.82 Å². The minimum atomic E-state index is -4.66. The largest absolute Gasteiger partial charge is 0.417 e. The molecule has 0 spiro atoms. The van der Waals surface area contributed by atoms with Gasteiger partial charge in [-0.15, -0.1) is 0 Å². The number of hydrogen-bond donors (Lipinski definition) is 1. The molecule has 0 aliphatic carbocycles. The summed E-state index contributed by atoms with van der Waals surface area (Å²) in [5.74, 6) is -1.24. The van der Waals surface area contributed by atoms with Gasteiger partial charge in [0, 0.05) is 16.1 Å². The van der Waals surface area contributed by atoms with Crippen LogP contribution in [-0.2, 0) is 16.0 Å². The zero-order valence-corrected chi connectivity index (χ0v) is 17.6. The number of nitrogens with one attached hydrogen (secondary N) is 1. The number of alkyl halides is 3. The number of pyridine rings is 2. The number of nitrogens with zero attached hydrogens (tertiary/aromatic N) is 2. The summed E-state index contributed by atoms with van der Waals surface area (Å²) in [6, 6.07) is 7.09. The van der Waals surface area contributed by atoms with E-state index in [1.165, 1.54) is 13.0 Å². The van der Waals surface area contributed by atoms with Crippen LogP contribution in [0.1, 0.15) is 12.5 Å². The second-order valence-corrected chi connectivity index (χ2v) is 9.67. The molecule has 4 aromatic rings. The number of fused-ring (bicyclic) bond motifs is 2. The average Bonchev–Trinajstić information content (AvgIpc) is 3.02. The molecule has 3 heterocycles. The van der Waals surface area contributed by atoms with Crippen LogP contribution >= 0.6 is 15.9 Å². The van der Waals surface area contributed by atoms with E-state index in [0.29, 0.717) is 21.6 Å². The van der Waals surface area contributed by atoms with E-state index in [0.717, 1.165) is 6.07 Å². The lowest BCUT2D eigenvalue weighted by atomic mass is 10.1. The Kier molecular flexibility index (Phi) is 4.85. The average molecular weight is 502 g/mol. The van der Waals surface area contributed by atoms with Crippen molar-refractivity contribution in [2.75, 3.05) is 5.75 Å². The lowest BCUT2D eigenvalue weighted by Gasteiger charge is -2.10. The molecule has 0 amide bonds. The number of halogens is 5. The third-order valence-electron chi connectivity index (χ3n) is 4.60. The van der Waals surface area contributed by atoms with Crippen molar-refractivity contribution in [2.45, 2.75) is 18.0 Å². The first-order valence-corrected chi connectivity index (χ1v) is 11.0. The second kappa shape index (κ2) is 7.02. The predicted molar refractivity (Wildman–Crippen MR) is 107 cm³/mol. The Labute approximate surface area is 176 Å². The molecule has 0 radical (unpaired) electrons. The fourth-order valence-electron chi connectivity index (χ4n) is 3.05. The van der Waals surface area contributed by atoms with Gasteiger partial charge >= 0.3 is 6.18 Å². The van der Waals surface area contributed by atoms with Crippen molar-refractivity contribution in [2.24, 2.45) is 0 Å². The number of sulfone groups is 1. The van der Waals surface area contributed by atoms with E-state index in [4.69, 9.17) is 0 Å². The van der Waals surface area contributed by atoms with E-state index in [-0.39, 0.29) is 33.1 Å². The van der Waals surface area contributed by atoms with Crippen molar-refractivity contribution >= 4 is 47.7 Å². The summed E-state index contributed by atoms with van der Waals surface area (Å²) in [7, 11) is -3.83. The zero-order chi connectivity index (χ0) is 21.8. The normalized spacial score (nSPS) is 12.7. The van der Waals surface area contributed by atoms with Crippen LogP contribution in [-0.4, -0.2) is 29.1 Å². The zero-order valence-electron chi connectivity index (χ0n) is 15.2. The van der Waals surface area contributed by atoms with E-state index in [9.17, 15) is 21.6 Å². The van der Waals surface area contributed by atoms with Gasteiger partial charge < -0.3 is 4.98 Å². The minimum absolute atomic E-state index is 0.215. The number of benzene rings is 1. The van der Waals surface area contributed by atoms with Gasteiger partial charge in [0.15, 0.2) is 15.7 Å². The van der Waals surface area contributed by atoms with Crippen LogP contribution in [0.5, 0.6) is 0 Å². The van der Waals surface area contributed by atoms with Gasteiger partial charge in [-0.3, -0.25) is 4.98 Å². The molecule has 1 N–H and O–H groups in total. The number of H-pyrrole nitrogens is 1. The van der Waals surface area contributed by atoms with Crippen molar-refractivity contribution in [1.29, 1.82) is 0 Å². The molecule has 0 aliphatic rings. The lowest BCUT2D eigenvalue weighted by Crippen LogP contribution is -2.08. The van der Waals surface area contributed by atoms with Gasteiger partial charge in [-0.25, -0.2) is 17.8 Å². The van der Waals surface area contributed by atoms with Gasteiger partial charge in [0.1, 0.15) is 16.9 Å². The van der Waals surface area contributed by atoms with Gasteiger partial charge in [0.05, 0.1) is 27.2 Å². The van der Waals surface area contributed by atoms with Crippen LogP contribution in [0.25, 0.3) is 33.3 Å². The molecule has 5 nitrogen and oxygen atoms in total. The van der Waals surface area contributed by atoms with Crippen molar-refractivity contribution < 1.29 is 26.0 Å². The molecule has 0 aliphatic heterocycles. The van der Waals surface area contributed by atoms with Gasteiger partial charge in [-0.05, 0) is 24.3 Å². The SMILES string of the molecule is CCS(=O)(=O)c1cc2ccc(Br)cc2nc1-c1[nH]c2cc(C(F)(F)F)cnc2c1F. The number of rotatable bonds is 3. The van der Waals surface area contributed by atoms with Crippen molar-refractivity contribution in [1.82, 2.24) is 15.0 Å². The Balaban J connectivity index is 2.05. The van der Waals surface area contributed by atoms with Crippen molar-refractivity contribution in [3.05, 3.63) is 52.4 Å². The number of hydrogen-bond acceptors (Lipinski definition) is 4. The van der Waals surface area contributed by atoms with Gasteiger partial charge in [-0.2, -0.15) is 13.2 Å². The maximum Gasteiger partial charge on any atom is 0.417 e. The molecular formula is C19H12BrF4N3O2S. The van der Waals surface area contributed by atoms with Gasteiger partial charge in [0.25, 0.3) is 0 Å². The number of aromatic amines is 1. The quantitative estimate of drug-likeness (QED) is 0.376. The maximum atomic E-state index is 15.1. The Morgan fingerprint density at radius 3 is 2.57 bits per heavy atom. The summed E-state index contributed by atoms with van der Waals surface area (Å²) in [6.45, 7) is 1.43. The fraction of sp³-hybridized carbons (Fsp3) is 0.158. The molecule has 30 heavy (non-hydrogen) atoms. The molecule has 1 aromatic carbocycles. The highest BCUT2D eigenvalue weighted by molar-refractivity contribution is 9.10. The summed E-state index contributed by atoms with van der Waals surface area (Å²) in [4.78, 5) is 10.2. The summed E-state index contributed by atoms with van der Waals surface area (Å²) in [6.07, 6.45) is -4.13. The molecule has 0 unspecified atom stereocenters. The molecule has 11 heteroatoms. The van der Waals surface area contributed by atoms with E-state index in [1.807, 2.05) is 0 Å². The second-order valence-electron chi connectivity index (χ2n) is 6.51. The standard InChI is InChI=1S/C19H12BrF4N3O2S/c1-2-30(28,29)14-5-9-3-4-11(20)7-12(9)26-17(14)18-15(21)16-13(27-18)6-10(8-25-16)19(22,23)24/h3-8,27H,2H2,1H3. The third-order valence-corrected chi connectivity index (χ3v) is 6.83. The molecule has 3 aromatic heterocycles. The minimum Gasteiger partial charge on any atom is -0.349 e. The highest BCUT2D eigenvalue weighted by Gasteiger charge is 2.32. The Bertz CT molecular complexity index is 1420. The lowest BCUT2D eigenvalue weighted by molar-refractivity contribution is -0.137. The molecular weight excluding hydrogens is 490 g/mol. The molecule has 156 valence electrons. The smallest absolute Gasteiger partial charge is 0.349 e. The molecule has 0 saturated heterocycles. The number of aromatic nitrogens is 3. The Morgan fingerprint density at radius 1 is 1.17 bits per heavy atom. The first-order valence-electron chi connectivity index (χ1n) is 8.59. The van der Waals surface area contributed by atoms with Crippen LogP contribution < -0.4 is 0 Å². The van der Waals surface area contributed by atoms with Crippen LogP contribution in [0.15, 0.2) is 45.9 Å². The van der Waals surface area contributed by atoms with Crippen molar-refractivity contribution in [3.8, 4) is 11.4 Å². The molecule has 0 atom stereocenters. The first kappa shape index (κ1) is 20.7. The first-order chi connectivity index (χ1) is 14.0. The summed E-state index contributed by atoms with van der Waals surface area (Å²) in [5, 5.41) is 0.517. The highest BCUT2D eigenvalue weighted by Crippen LogP contribution is 2.36. The molecule has 4 rings (SSSR count). The third kappa shape index (κ3) is 3.45. The van der Waals surface area contributed by atoms with E-state index in [1.54, 1.807) is 18.2 Å². The van der Waals surface area contributed by atoms with Crippen molar-refractivity contribution in [3.63, 3.8) is 0 Å². The van der Waals surface area contributed by atoms with E-state index >= 15 is 4.39 Å². The Morgan fingerprint density at radius 2 is 1.90 bits per heavy atom. The van der Waals surface area contributed by atoms with Gasteiger partial charge in [0.2, 0.25) is 0 Å². The predicted octanol–water partition coefficient (Wildman–Crippen LogP) is 5.49. The summed E-state index contributed by atoms with van der Waals surface area (Å²) < 4.78 is 80.0. The fourth-order valence-corrected chi connectivity index (χ4v) is 4.46. The van der Waals surface area contributed by atoms with Crippen LogP contribution in [0.2, 0.25) is 0 Å². The maximum absolute atomic E-state index is 15.1.